The fourth-order valence-corrected chi connectivity index (χ4v) is 1.38. The number of aliphatic hydroxyl groups excluding tert-OH is 1. The van der Waals surface area contributed by atoms with Crippen LogP contribution in [-0.2, 0) is 0 Å². The van der Waals surface area contributed by atoms with Crippen LogP contribution in [-0.4, -0.2) is 37.8 Å². The molecule has 0 aromatic carbocycles. The van der Waals surface area contributed by atoms with Crippen molar-refractivity contribution in [1.29, 1.82) is 0 Å². The summed E-state index contributed by atoms with van der Waals surface area (Å²) in [6.45, 7) is 8.98. The summed E-state index contributed by atoms with van der Waals surface area (Å²) in [5.41, 5.74) is -0.442. The van der Waals surface area contributed by atoms with Gasteiger partial charge in [0.1, 0.15) is 5.82 Å². The minimum absolute atomic E-state index is 0.0527. The number of nitrogens with one attached hydrogen (secondary N) is 1. The zero-order chi connectivity index (χ0) is 14.8. The fraction of sp³-hybridized carbons (Fsp3) is 0.615. The van der Waals surface area contributed by atoms with E-state index in [2.05, 4.69) is 15.3 Å². The molecule has 3 N–H and O–H groups in total. The summed E-state index contributed by atoms with van der Waals surface area (Å²) < 4.78 is 0. The average molecular weight is 267 g/mol. The largest absolute Gasteiger partial charge is 0.476 e. The molecule has 6 nitrogen and oxygen atoms in total. The maximum Gasteiger partial charge on any atom is 0.356 e. The number of aliphatic hydroxyl groups is 1. The third-order valence-electron chi connectivity index (χ3n) is 3.03. The normalized spacial score (nSPS) is 13.4. The van der Waals surface area contributed by atoms with Gasteiger partial charge in [-0.05, 0) is 20.8 Å². The Balaban J connectivity index is 3.18. The number of aromatic nitrogens is 2. The van der Waals surface area contributed by atoms with E-state index in [4.69, 9.17) is 0 Å². The monoisotopic (exact) mass is 267 g/mol. The first-order valence-electron chi connectivity index (χ1n) is 6.21. The van der Waals surface area contributed by atoms with Gasteiger partial charge in [0.05, 0.1) is 23.5 Å². The zero-order valence-corrected chi connectivity index (χ0v) is 11.9. The molecule has 6 heteroatoms. The molecule has 1 rings (SSSR count). The van der Waals surface area contributed by atoms with E-state index < -0.39 is 17.6 Å². The van der Waals surface area contributed by atoms with Gasteiger partial charge in [-0.3, -0.25) is 0 Å². The number of carbonyl (C=O) groups is 1. The molecule has 0 bridgehead atoms. The molecule has 0 aliphatic rings. The maximum absolute atomic E-state index is 11.3. The number of anilines is 1. The van der Waals surface area contributed by atoms with Crippen LogP contribution in [0, 0.1) is 0 Å². The molecule has 0 fully saturated rings. The van der Waals surface area contributed by atoms with E-state index in [1.54, 1.807) is 20.8 Å². The first kappa shape index (κ1) is 15.4. The van der Waals surface area contributed by atoms with Gasteiger partial charge in [-0.25, -0.2) is 14.8 Å². The van der Waals surface area contributed by atoms with Crippen molar-refractivity contribution in [2.75, 3.05) is 5.32 Å². The van der Waals surface area contributed by atoms with Gasteiger partial charge in [0.15, 0.2) is 5.69 Å². The second-order valence-corrected chi connectivity index (χ2v) is 5.47. The van der Waals surface area contributed by atoms with Gasteiger partial charge >= 0.3 is 5.97 Å². The molecule has 0 saturated heterocycles. The lowest BCUT2D eigenvalue weighted by Gasteiger charge is -2.30. The Morgan fingerprint density at radius 1 is 1.37 bits per heavy atom. The van der Waals surface area contributed by atoms with E-state index in [0.29, 0.717) is 11.5 Å². The van der Waals surface area contributed by atoms with Crippen LogP contribution >= 0.6 is 0 Å². The molecule has 0 aliphatic heterocycles. The first-order chi connectivity index (χ1) is 8.65. The lowest BCUT2D eigenvalue weighted by Crippen LogP contribution is -2.42. The van der Waals surface area contributed by atoms with Crippen molar-refractivity contribution in [2.45, 2.75) is 52.2 Å². The predicted octanol–water partition coefficient (Wildman–Crippen LogP) is 1.87. The van der Waals surface area contributed by atoms with Crippen LogP contribution in [0.5, 0.6) is 0 Å². The Morgan fingerprint density at radius 3 is 2.37 bits per heavy atom. The second-order valence-electron chi connectivity index (χ2n) is 5.47. The number of aromatic carboxylic acids is 1. The Hall–Kier alpha value is -1.69. The van der Waals surface area contributed by atoms with Crippen LogP contribution in [0.1, 0.15) is 56.8 Å². The van der Waals surface area contributed by atoms with Crippen molar-refractivity contribution < 1.29 is 15.0 Å². The van der Waals surface area contributed by atoms with Crippen molar-refractivity contribution in [3.8, 4) is 0 Å². The molecule has 1 heterocycles. The Bertz CT molecular complexity index is 470. The third-order valence-corrected chi connectivity index (χ3v) is 3.03. The highest BCUT2D eigenvalue weighted by atomic mass is 16.4. The Labute approximate surface area is 112 Å². The standard InChI is InChI=1S/C13H21N3O3/c1-7(2)11-14-6-9(10(15-11)12(18)19)16-13(4,5)8(3)17/h6-8,16-17H,1-5H3,(H,18,19). The number of rotatable bonds is 5. The molecule has 1 unspecified atom stereocenters. The highest BCUT2D eigenvalue weighted by Crippen LogP contribution is 2.22. The summed E-state index contributed by atoms with van der Waals surface area (Å²) in [6.07, 6.45) is 0.801. The van der Waals surface area contributed by atoms with E-state index in [1.807, 2.05) is 13.8 Å². The number of nitrogens with zero attached hydrogens (tertiary/aromatic N) is 2. The summed E-state index contributed by atoms with van der Waals surface area (Å²) in [5.74, 6) is -0.581. The van der Waals surface area contributed by atoms with Crippen LogP contribution in [0.4, 0.5) is 5.69 Å². The molecule has 0 saturated carbocycles. The van der Waals surface area contributed by atoms with Crippen LogP contribution in [0.25, 0.3) is 0 Å². The molecule has 0 spiro atoms. The number of carboxylic acids is 1. The van der Waals surface area contributed by atoms with Crippen LogP contribution in [0.3, 0.4) is 0 Å². The van der Waals surface area contributed by atoms with Crippen LogP contribution in [0.15, 0.2) is 6.20 Å². The van der Waals surface area contributed by atoms with Gasteiger partial charge in [0.2, 0.25) is 0 Å². The van der Waals surface area contributed by atoms with Crippen molar-refractivity contribution in [3.63, 3.8) is 0 Å². The van der Waals surface area contributed by atoms with Crippen molar-refractivity contribution in [1.82, 2.24) is 9.97 Å². The van der Waals surface area contributed by atoms with Crippen LogP contribution in [0.2, 0.25) is 0 Å². The quantitative estimate of drug-likeness (QED) is 0.753. The molecule has 0 radical (unpaired) electrons. The SMILES string of the molecule is CC(C)c1ncc(NC(C)(C)C(C)O)c(C(=O)O)n1. The smallest absolute Gasteiger partial charge is 0.356 e. The molecule has 1 atom stereocenters. The molecule has 1 aromatic heterocycles. The lowest BCUT2D eigenvalue weighted by atomic mass is 9.98. The molecular formula is C13H21N3O3. The summed E-state index contributed by atoms with van der Waals surface area (Å²) in [4.78, 5) is 19.5. The summed E-state index contributed by atoms with van der Waals surface area (Å²) in [7, 11) is 0. The van der Waals surface area contributed by atoms with Crippen molar-refractivity contribution in [2.24, 2.45) is 0 Å². The maximum atomic E-state index is 11.3. The average Bonchev–Trinajstić information content (AvgIpc) is 2.28. The van der Waals surface area contributed by atoms with E-state index >= 15 is 0 Å². The minimum atomic E-state index is -1.12. The molecule has 1 aromatic rings. The summed E-state index contributed by atoms with van der Waals surface area (Å²) in [5, 5.41) is 21.9. The first-order valence-corrected chi connectivity index (χ1v) is 6.21. The Morgan fingerprint density at radius 2 is 1.95 bits per heavy atom. The number of carboxylic acid groups (broad SMARTS) is 1. The molecule has 0 aliphatic carbocycles. The minimum Gasteiger partial charge on any atom is -0.476 e. The second kappa shape index (κ2) is 5.52. The number of hydrogen-bond acceptors (Lipinski definition) is 5. The zero-order valence-electron chi connectivity index (χ0n) is 11.9. The van der Waals surface area contributed by atoms with Crippen molar-refractivity contribution >= 4 is 11.7 Å². The van der Waals surface area contributed by atoms with Gasteiger partial charge in [0.25, 0.3) is 0 Å². The van der Waals surface area contributed by atoms with Gasteiger partial charge in [0, 0.05) is 5.92 Å². The van der Waals surface area contributed by atoms with Crippen molar-refractivity contribution in [3.05, 3.63) is 17.7 Å². The summed E-state index contributed by atoms with van der Waals surface area (Å²) >= 11 is 0. The van der Waals surface area contributed by atoms with E-state index in [1.165, 1.54) is 6.20 Å². The molecule has 106 valence electrons. The molecule has 19 heavy (non-hydrogen) atoms. The third kappa shape index (κ3) is 3.64. The van der Waals surface area contributed by atoms with Gasteiger partial charge in [-0.2, -0.15) is 0 Å². The highest BCUT2D eigenvalue weighted by molar-refractivity contribution is 5.91. The molecular weight excluding hydrogens is 246 g/mol. The Kier molecular flexibility index (Phi) is 4.47. The van der Waals surface area contributed by atoms with Gasteiger partial charge in [-0.1, -0.05) is 13.8 Å². The van der Waals surface area contributed by atoms with E-state index in [9.17, 15) is 15.0 Å². The topological polar surface area (TPSA) is 95.3 Å². The van der Waals surface area contributed by atoms with Gasteiger partial charge in [-0.15, -0.1) is 0 Å². The fourth-order valence-electron chi connectivity index (χ4n) is 1.38. The van der Waals surface area contributed by atoms with E-state index in [0.717, 1.165) is 0 Å². The predicted molar refractivity (Wildman–Crippen MR) is 72.5 cm³/mol. The molecule has 0 amide bonds. The summed E-state index contributed by atoms with van der Waals surface area (Å²) in [6, 6.07) is 0. The highest BCUT2D eigenvalue weighted by Gasteiger charge is 2.26. The van der Waals surface area contributed by atoms with Gasteiger partial charge < -0.3 is 15.5 Å². The van der Waals surface area contributed by atoms with E-state index in [-0.39, 0.29) is 11.6 Å². The lowest BCUT2D eigenvalue weighted by molar-refractivity contribution is 0.0690. The van der Waals surface area contributed by atoms with Crippen LogP contribution < -0.4 is 5.32 Å². The number of hydrogen-bond donors (Lipinski definition) is 3.